The molecule has 29 aromatic rings. The van der Waals surface area contributed by atoms with Gasteiger partial charge in [0.25, 0.3) is 0 Å². The maximum atomic E-state index is 5.40. The minimum Gasteiger partial charge on any atom is -0.476 e. The standard InChI is InChI=1S/C10H8N2.C10H6O2.C10H6OS.2C10H6S2.C8H6N4.C8H5N3O.C8H7N3O.C8H4N2O2.C8H4N2S2.C7H6N4O/c2*1-2-9-8(4-6-11-9)10-7(1)3-5-12-10;1-2-9-8(4-6-12-9)10-7(1)3-5-11-10;1-2-9-8(4-6-11-9)10-7(1)3-5-12-10;1-2-8-4-6-12-10(8)9-7(1)3-5-11-9;1-2-6-8(12-4-10-6)7-5(1)9-3-11-7;1-2-12-8-5(1)7-6(3-9-8)10-4-11-7;1-2-12-8-5(1)6-3-10-11-7(6)4-9-8;2*1-2-6-7(10-4-11-6)8-5(1)9-3-12-8;1-2-12-7-4(1)6-5(3-8-7)9-11-10-6/h1-6,11-12H;4*1-6H;1-4H,(H,9,11)(H,10,12);1-4H,(H,10,11);1-5,8H,(H,10,11);2*1-4H;1-4,7H,(H,9,10,11). The van der Waals surface area contributed by atoms with E-state index in [1.54, 1.807) is 109 Å². The van der Waals surface area contributed by atoms with Crippen molar-refractivity contribution in [1.82, 2.24) is 90.4 Å². The molecule has 642 valence electrons. The molecular weight excluding hydrogens is 1800 g/mol. The topological polar surface area (TPSA) is 374 Å². The Kier molecular flexibility index (Phi) is 21.8. The van der Waals surface area contributed by atoms with Crippen molar-refractivity contribution in [3.05, 3.63) is 331 Å². The van der Waals surface area contributed by atoms with Gasteiger partial charge in [-0.25, -0.2) is 49.9 Å². The summed E-state index contributed by atoms with van der Waals surface area (Å²) in [6.07, 6.45) is 32.6. The van der Waals surface area contributed by atoms with E-state index in [0.29, 0.717) is 11.3 Å². The van der Waals surface area contributed by atoms with Crippen LogP contribution in [-0.4, -0.2) is 115 Å². The third kappa shape index (κ3) is 15.8. The zero-order valence-electron chi connectivity index (χ0n) is 68.3. The highest BCUT2D eigenvalue weighted by atomic mass is 32.1. The number of thiophene rings is 5. The van der Waals surface area contributed by atoms with E-state index >= 15 is 0 Å². The lowest BCUT2D eigenvalue weighted by atomic mass is 9.97. The molecule has 35 heteroatoms. The van der Waals surface area contributed by atoms with Crippen LogP contribution in [0.3, 0.4) is 0 Å². The van der Waals surface area contributed by atoms with Crippen molar-refractivity contribution in [2.24, 2.45) is 9.98 Å². The summed E-state index contributed by atoms with van der Waals surface area (Å²) in [6.45, 7) is 0. The van der Waals surface area contributed by atoms with E-state index in [1.807, 2.05) is 154 Å². The van der Waals surface area contributed by atoms with Crippen LogP contribution in [0.2, 0.25) is 0 Å². The molecule has 0 fully saturated rings. The number of ether oxygens (including phenoxy) is 2. The molecule has 0 amide bonds. The molecule has 7 N–H and O–H groups in total. The number of fused-ring (bicyclic) bond motifs is 33. The maximum Gasteiger partial charge on any atom is 0.228 e. The summed E-state index contributed by atoms with van der Waals surface area (Å²) < 4.78 is 51.2. The summed E-state index contributed by atoms with van der Waals surface area (Å²) in [5.41, 5.74) is 24.3. The van der Waals surface area contributed by atoms with Crippen LogP contribution < -0.4 is 0 Å². The molecule has 33 rings (SSSR count). The van der Waals surface area contributed by atoms with Crippen LogP contribution in [0.1, 0.15) is 34.5 Å². The molecule has 25 heterocycles. The first-order chi connectivity index (χ1) is 65.4. The molecule has 4 aliphatic heterocycles. The number of H-pyrrole nitrogens is 7. The van der Waals surface area contributed by atoms with E-state index in [1.165, 1.54) is 105 Å². The third-order valence-corrected chi connectivity index (χ3v) is 28.6. The Morgan fingerprint density at radius 3 is 1.79 bits per heavy atom. The Morgan fingerprint density at radius 1 is 0.341 bits per heavy atom. The average Bonchev–Trinajstić information content (AvgIpc) is 1.76. The Balaban J connectivity index is 0.0000000823. The molecule has 4 unspecified atom stereocenters. The first kappa shape index (κ1) is 80.4. The average molecular weight is 1860 g/mol. The number of rotatable bonds is 0. The van der Waals surface area contributed by atoms with Crippen molar-refractivity contribution in [2.75, 3.05) is 0 Å². The number of aromatic amines is 7. The van der Waals surface area contributed by atoms with Crippen LogP contribution in [0.5, 0.6) is 0 Å². The third-order valence-electron chi connectivity index (χ3n) is 22.2. The van der Waals surface area contributed by atoms with E-state index in [2.05, 4.69) is 224 Å². The minimum atomic E-state index is -0.123. The Labute approximate surface area is 769 Å². The molecule has 0 radical (unpaired) electrons. The second-order valence-corrected chi connectivity index (χ2v) is 36.1. The summed E-state index contributed by atoms with van der Waals surface area (Å²) in [7, 11) is 0. The van der Waals surface area contributed by atoms with Gasteiger partial charge in [-0.2, -0.15) is 20.5 Å². The summed E-state index contributed by atoms with van der Waals surface area (Å²) in [6, 6.07) is 55.7. The van der Waals surface area contributed by atoms with Crippen LogP contribution in [0.25, 0.3) is 192 Å². The number of aromatic nitrogens is 18. The molecule has 21 aromatic heterocycles. The number of oxazole rings is 2. The van der Waals surface area contributed by atoms with E-state index in [9.17, 15) is 0 Å². The van der Waals surface area contributed by atoms with Gasteiger partial charge < -0.3 is 60.9 Å². The smallest absolute Gasteiger partial charge is 0.228 e. The molecular formula is C97H64N20O8S7. The number of aliphatic imine (C=N–C) groups is 2. The predicted molar refractivity (Wildman–Crippen MR) is 530 cm³/mol. The van der Waals surface area contributed by atoms with Gasteiger partial charge in [0, 0.05) is 69.9 Å². The highest BCUT2D eigenvalue weighted by Gasteiger charge is 2.33. The summed E-state index contributed by atoms with van der Waals surface area (Å²) >= 11 is 12.4. The lowest BCUT2D eigenvalue weighted by molar-refractivity contribution is 0.163. The van der Waals surface area contributed by atoms with Gasteiger partial charge in [-0.1, -0.05) is 24.3 Å². The number of benzene rings is 8. The van der Waals surface area contributed by atoms with Gasteiger partial charge >= 0.3 is 0 Å². The van der Waals surface area contributed by atoms with Crippen LogP contribution in [0.15, 0.2) is 344 Å². The molecule has 4 atom stereocenters. The number of thiazole rings is 2. The molecule has 8 aromatic carbocycles. The lowest BCUT2D eigenvalue weighted by Gasteiger charge is -2.17. The van der Waals surface area contributed by atoms with Crippen LogP contribution in [0, 0.1) is 0 Å². The quantitative estimate of drug-likeness (QED) is 0.0741. The molecule has 0 aliphatic carbocycles. The van der Waals surface area contributed by atoms with Gasteiger partial charge in [0.05, 0.1) is 167 Å². The van der Waals surface area contributed by atoms with Gasteiger partial charge in [-0.05, 0) is 195 Å². The number of hydrogen-bond donors (Lipinski definition) is 7. The highest BCUT2D eigenvalue weighted by Crippen LogP contribution is 2.39. The van der Waals surface area contributed by atoms with Crippen LogP contribution >= 0.6 is 79.4 Å². The van der Waals surface area contributed by atoms with Gasteiger partial charge in [0.15, 0.2) is 35.7 Å². The number of imidazole rings is 3. The monoisotopic (exact) mass is 1860 g/mol. The number of hydrogen-bond acceptors (Lipinski definition) is 28. The first-order valence-corrected chi connectivity index (χ1v) is 47.1. The van der Waals surface area contributed by atoms with Gasteiger partial charge in [0.1, 0.15) is 55.7 Å². The fourth-order valence-electron chi connectivity index (χ4n) is 15.8. The molecule has 0 spiro atoms. The van der Waals surface area contributed by atoms with Crippen molar-refractivity contribution >= 4 is 284 Å². The second kappa shape index (κ2) is 35.8. The molecule has 0 saturated carbocycles. The van der Waals surface area contributed by atoms with Crippen molar-refractivity contribution in [3.8, 4) is 0 Å². The molecule has 132 heavy (non-hydrogen) atoms. The molecule has 28 nitrogen and oxygen atoms in total. The summed E-state index contributed by atoms with van der Waals surface area (Å²) in [5, 5.41) is 41.7. The van der Waals surface area contributed by atoms with Crippen molar-refractivity contribution in [1.29, 1.82) is 0 Å². The fourth-order valence-corrected chi connectivity index (χ4v) is 21.9. The van der Waals surface area contributed by atoms with E-state index in [4.69, 9.17) is 36.0 Å². The normalized spacial score (nSPS) is 14.7. The predicted octanol–water partition coefficient (Wildman–Crippen LogP) is 26.7. The van der Waals surface area contributed by atoms with Gasteiger partial charge in [-0.15, -0.1) is 79.4 Å². The lowest BCUT2D eigenvalue weighted by Crippen LogP contribution is -2.18. The van der Waals surface area contributed by atoms with Crippen molar-refractivity contribution in [3.63, 3.8) is 0 Å². The van der Waals surface area contributed by atoms with Crippen LogP contribution in [0.4, 0.5) is 0 Å². The largest absolute Gasteiger partial charge is 0.476 e. The SMILES string of the molecule is C1=CC2c3cn[nH]c3C=NC2O1.C1=CC2c3n[nH]nc3C=NC2O1.c1cc2c(ccc3cc[nH]c32)[nH]1.c1cc2c(ccc3ccoc32)o1.c1cc2c(ccc3ccsc32)s1.c1cc2ccc3ccsc3c2s1.c1cc2ccc3sccc3c2o1.c1nc2c(ccc3[nH]cnc32)[nH]1.c1nc2c(ccc3ncoc32)o1.c1nc2c(ccc3ncsc32)s1.c1nc2c(cnc3occc32)[nH]1. The molecule has 0 bridgehead atoms. The highest BCUT2D eigenvalue weighted by molar-refractivity contribution is 7.25. The Hall–Kier alpha value is -16.2. The number of nitrogens with zero attached hydrogens (tertiary/aromatic N) is 13. The number of pyridine rings is 1. The fraction of sp³-hybridized carbons (Fsp3) is 0.0412. The summed E-state index contributed by atoms with van der Waals surface area (Å²) in [5.74, 6) is 0.396. The molecule has 0 saturated heterocycles. The Morgan fingerprint density at radius 2 is 0.970 bits per heavy atom. The maximum absolute atomic E-state index is 5.40. The van der Waals surface area contributed by atoms with Crippen LogP contribution in [-0.2, 0) is 9.47 Å². The molecule has 4 aliphatic rings. The van der Waals surface area contributed by atoms with E-state index < -0.39 is 0 Å². The van der Waals surface area contributed by atoms with E-state index in [-0.39, 0.29) is 24.3 Å². The van der Waals surface area contributed by atoms with Gasteiger partial charge in [0.2, 0.25) is 11.9 Å². The van der Waals surface area contributed by atoms with Gasteiger partial charge in [-0.3, -0.25) is 5.10 Å². The zero-order chi connectivity index (χ0) is 87.6. The van der Waals surface area contributed by atoms with Crippen molar-refractivity contribution < 1.29 is 36.0 Å². The van der Waals surface area contributed by atoms with E-state index in [0.717, 1.165) is 111 Å². The van der Waals surface area contributed by atoms with Crippen molar-refractivity contribution in [2.45, 2.75) is 24.3 Å². The first-order valence-electron chi connectivity index (χ1n) is 41.0. The summed E-state index contributed by atoms with van der Waals surface area (Å²) in [4.78, 5) is 57.1. The second-order valence-electron chi connectivity index (χ2n) is 29.7. The number of furan rings is 4. The Bertz CT molecular complexity index is 7230. The zero-order valence-corrected chi connectivity index (χ0v) is 74.1. The minimum absolute atomic E-state index is 0.0601. The number of nitrogens with one attached hydrogen (secondary N) is 7.